The van der Waals surface area contributed by atoms with E-state index in [1.54, 1.807) is 0 Å². The number of aliphatic hydroxyl groups is 1. The summed E-state index contributed by atoms with van der Waals surface area (Å²) in [5.41, 5.74) is 0.709. The van der Waals surface area contributed by atoms with Crippen LogP contribution in [0, 0.1) is 0 Å². The maximum atomic E-state index is 12.3. The van der Waals surface area contributed by atoms with Crippen molar-refractivity contribution in [1.82, 2.24) is 4.72 Å². The van der Waals surface area contributed by atoms with Crippen LogP contribution in [0.25, 0.3) is 0 Å². The van der Waals surface area contributed by atoms with Gasteiger partial charge in [-0.3, -0.25) is 0 Å². The van der Waals surface area contributed by atoms with Crippen molar-refractivity contribution in [2.75, 3.05) is 6.54 Å². The average molecular weight is 338 g/mol. The van der Waals surface area contributed by atoms with Crippen LogP contribution in [0.4, 0.5) is 0 Å². The zero-order chi connectivity index (χ0) is 15.8. The van der Waals surface area contributed by atoms with Gasteiger partial charge in [-0.15, -0.1) is 0 Å². The Morgan fingerprint density at radius 1 is 1.14 bits per heavy atom. The van der Waals surface area contributed by atoms with Gasteiger partial charge in [-0.2, -0.15) is 0 Å². The predicted octanol–water partition coefficient (Wildman–Crippen LogP) is 2.45. The van der Waals surface area contributed by atoms with Gasteiger partial charge in [0, 0.05) is 11.6 Å². The van der Waals surface area contributed by atoms with Gasteiger partial charge in [-0.1, -0.05) is 35.9 Å². The second-order valence-corrected chi connectivity index (χ2v) is 7.67. The zero-order valence-electron chi connectivity index (χ0n) is 11.8. The first kappa shape index (κ1) is 15.5. The minimum absolute atomic E-state index is 0.0467. The molecule has 6 heteroatoms. The van der Waals surface area contributed by atoms with Crippen LogP contribution < -0.4 is 4.72 Å². The highest BCUT2D eigenvalue weighted by molar-refractivity contribution is 7.89. The van der Waals surface area contributed by atoms with Gasteiger partial charge in [-0.25, -0.2) is 13.1 Å². The molecule has 0 saturated heterocycles. The number of benzene rings is 2. The van der Waals surface area contributed by atoms with Crippen LogP contribution in [0.5, 0.6) is 0 Å². The summed E-state index contributed by atoms with van der Waals surface area (Å²) in [7, 11) is -3.67. The Kier molecular flexibility index (Phi) is 3.99. The van der Waals surface area contributed by atoms with E-state index in [4.69, 9.17) is 11.6 Å². The Hall–Kier alpha value is -1.40. The fraction of sp³-hybridized carbons (Fsp3) is 0.250. The second kappa shape index (κ2) is 5.66. The maximum absolute atomic E-state index is 12.3. The lowest BCUT2D eigenvalue weighted by molar-refractivity contribution is 0.0442. The molecule has 116 valence electrons. The van der Waals surface area contributed by atoms with Crippen LogP contribution in [0.1, 0.15) is 17.5 Å². The summed E-state index contributed by atoms with van der Waals surface area (Å²) in [6, 6.07) is 13.5. The van der Waals surface area contributed by atoms with Crippen molar-refractivity contribution in [2.45, 2.75) is 23.3 Å². The molecular weight excluding hydrogens is 322 g/mol. The van der Waals surface area contributed by atoms with Crippen molar-refractivity contribution >= 4 is 21.6 Å². The maximum Gasteiger partial charge on any atom is 0.240 e. The number of hydrogen-bond donors (Lipinski definition) is 2. The van der Waals surface area contributed by atoms with Crippen LogP contribution >= 0.6 is 11.6 Å². The van der Waals surface area contributed by atoms with Gasteiger partial charge in [-0.05, 0) is 48.2 Å². The minimum atomic E-state index is -3.67. The van der Waals surface area contributed by atoms with Crippen LogP contribution in [0.2, 0.25) is 5.02 Å². The molecule has 1 aliphatic rings. The minimum Gasteiger partial charge on any atom is -0.384 e. The van der Waals surface area contributed by atoms with Crippen molar-refractivity contribution in [1.29, 1.82) is 0 Å². The smallest absolute Gasteiger partial charge is 0.240 e. The molecule has 0 aromatic heterocycles. The lowest BCUT2D eigenvalue weighted by Gasteiger charge is -2.24. The first-order chi connectivity index (χ1) is 10.4. The summed E-state index contributed by atoms with van der Waals surface area (Å²) in [6.45, 7) is -0.0467. The van der Waals surface area contributed by atoms with Crippen molar-refractivity contribution in [2.24, 2.45) is 0 Å². The fourth-order valence-corrected chi connectivity index (χ4v) is 3.98. The van der Waals surface area contributed by atoms with E-state index in [0.717, 1.165) is 17.5 Å². The molecule has 0 amide bonds. The van der Waals surface area contributed by atoms with Crippen LogP contribution in [-0.4, -0.2) is 20.1 Å². The first-order valence-corrected chi connectivity index (χ1v) is 8.83. The van der Waals surface area contributed by atoms with Gasteiger partial charge >= 0.3 is 0 Å². The highest BCUT2D eigenvalue weighted by atomic mass is 35.5. The largest absolute Gasteiger partial charge is 0.384 e. The van der Waals surface area contributed by atoms with Crippen molar-refractivity contribution in [3.05, 3.63) is 64.7 Å². The van der Waals surface area contributed by atoms with Crippen LogP contribution in [-0.2, 0) is 22.0 Å². The predicted molar refractivity (Wildman–Crippen MR) is 85.3 cm³/mol. The Morgan fingerprint density at radius 3 is 2.55 bits per heavy atom. The standard InChI is InChI=1S/C16H16ClNO3S/c17-13-5-7-14(8-6-13)22(20,21)18-11-16(19)10-9-12-3-1-2-4-15(12)16/h1-8,18-19H,9-11H2. The Labute approximate surface area is 134 Å². The zero-order valence-corrected chi connectivity index (χ0v) is 13.4. The van der Waals surface area contributed by atoms with E-state index < -0.39 is 15.6 Å². The Morgan fingerprint density at radius 2 is 1.82 bits per heavy atom. The van der Waals surface area contributed by atoms with Gasteiger partial charge < -0.3 is 5.11 Å². The lowest BCUT2D eigenvalue weighted by Crippen LogP contribution is -2.39. The van der Waals surface area contributed by atoms with E-state index in [1.165, 1.54) is 24.3 Å². The second-order valence-electron chi connectivity index (χ2n) is 5.47. The van der Waals surface area contributed by atoms with E-state index in [0.29, 0.717) is 11.4 Å². The summed E-state index contributed by atoms with van der Waals surface area (Å²) < 4.78 is 27.1. The Bertz CT molecular complexity index is 789. The van der Waals surface area contributed by atoms with E-state index in [-0.39, 0.29) is 11.4 Å². The van der Waals surface area contributed by atoms with E-state index in [9.17, 15) is 13.5 Å². The Balaban J connectivity index is 1.79. The fourth-order valence-electron chi connectivity index (χ4n) is 2.76. The molecule has 1 unspecified atom stereocenters. The van der Waals surface area contributed by atoms with Crippen molar-refractivity contribution < 1.29 is 13.5 Å². The molecule has 2 N–H and O–H groups in total. The van der Waals surface area contributed by atoms with Crippen LogP contribution in [0.3, 0.4) is 0 Å². The number of hydrogen-bond acceptors (Lipinski definition) is 3. The molecule has 22 heavy (non-hydrogen) atoms. The van der Waals surface area contributed by atoms with Gasteiger partial charge in [0.15, 0.2) is 0 Å². The number of fused-ring (bicyclic) bond motifs is 1. The molecule has 0 radical (unpaired) electrons. The summed E-state index contributed by atoms with van der Waals surface area (Å²) in [5, 5.41) is 11.2. The molecular formula is C16H16ClNO3S. The molecule has 0 aliphatic heterocycles. The highest BCUT2D eigenvalue weighted by Gasteiger charge is 2.37. The van der Waals surface area contributed by atoms with E-state index in [2.05, 4.69) is 4.72 Å². The molecule has 1 aliphatic carbocycles. The molecule has 0 saturated carbocycles. The number of sulfonamides is 1. The molecule has 0 spiro atoms. The SMILES string of the molecule is O=S(=O)(NCC1(O)CCc2ccccc21)c1ccc(Cl)cc1. The van der Waals surface area contributed by atoms with Crippen molar-refractivity contribution in [3.8, 4) is 0 Å². The van der Waals surface area contributed by atoms with Crippen LogP contribution in [0.15, 0.2) is 53.4 Å². The molecule has 0 heterocycles. The summed E-state index contributed by atoms with van der Waals surface area (Å²) in [4.78, 5) is 0.131. The molecule has 1 atom stereocenters. The normalized spacial score (nSPS) is 20.8. The third-order valence-electron chi connectivity index (χ3n) is 4.01. The van der Waals surface area contributed by atoms with Gasteiger partial charge in [0.05, 0.1) is 4.90 Å². The molecule has 4 nitrogen and oxygen atoms in total. The van der Waals surface area contributed by atoms with Crippen molar-refractivity contribution in [3.63, 3.8) is 0 Å². The molecule has 2 aromatic rings. The molecule has 3 rings (SSSR count). The third-order valence-corrected chi connectivity index (χ3v) is 5.67. The number of halogens is 1. The molecule has 0 fully saturated rings. The van der Waals surface area contributed by atoms with Gasteiger partial charge in [0.2, 0.25) is 10.0 Å². The average Bonchev–Trinajstić information content (AvgIpc) is 2.85. The third kappa shape index (κ3) is 2.90. The molecule has 0 bridgehead atoms. The van der Waals surface area contributed by atoms with Gasteiger partial charge in [0.1, 0.15) is 5.60 Å². The quantitative estimate of drug-likeness (QED) is 0.900. The molecule has 2 aromatic carbocycles. The summed E-state index contributed by atoms with van der Waals surface area (Å²) in [5.74, 6) is 0. The summed E-state index contributed by atoms with van der Waals surface area (Å²) >= 11 is 5.77. The van der Waals surface area contributed by atoms with Gasteiger partial charge in [0.25, 0.3) is 0 Å². The highest BCUT2D eigenvalue weighted by Crippen LogP contribution is 2.36. The van der Waals surface area contributed by atoms with E-state index in [1.807, 2.05) is 24.3 Å². The number of nitrogens with one attached hydrogen (secondary N) is 1. The lowest BCUT2D eigenvalue weighted by atomic mass is 9.96. The number of rotatable bonds is 4. The van der Waals surface area contributed by atoms with E-state index >= 15 is 0 Å². The number of aryl methyl sites for hydroxylation is 1. The summed E-state index contributed by atoms with van der Waals surface area (Å²) in [6.07, 6.45) is 1.25. The topological polar surface area (TPSA) is 66.4 Å². The monoisotopic (exact) mass is 337 g/mol. The first-order valence-electron chi connectivity index (χ1n) is 6.97.